The number of nitrogens with one attached hydrogen (secondary N) is 1. The fraction of sp³-hybridized carbons (Fsp3) is 0.389. The molecule has 0 bridgehead atoms. The third-order valence-electron chi connectivity index (χ3n) is 4.31. The molecule has 0 saturated carbocycles. The van der Waals surface area contributed by atoms with Crippen LogP contribution in [0.4, 0.5) is 0 Å². The van der Waals surface area contributed by atoms with Crippen LogP contribution in [0.25, 0.3) is 6.08 Å². The van der Waals surface area contributed by atoms with E-state index >= 15 is 0 Å². The molecule has 0 amide bonds. The van der Waals surface area contributed by atoms with Gasteiger partial charge in [0.2, 0.25) is 0 Å². The lowest BCUT2D eigenvalue weighted by Gasteiger charge is -2.24. The van der Waals surface area contributed by atoms with Gasteiger partial charge < -0.3 is 14.8 Å². The van der Waals surface area contributed by atoms with Crippen molar-refractivity contribution in [3.63, 3.8) is 0 Å². The van der Waals surface area contributed by atoms with Gasteiger partial charge in [0, 0.05) is 36.6 Å². The highest BCUT2D eigenvalue weighted by molar-refractivity contribution is 5.63. The van der Waals surface area contributed by atoms with E-state index in [1.54, 1.807) is 7.11 Å². The molecule has 0 spiro atoms. The highest BCUT2D eigenvalue weighted by atomic mass is 16.5. The first-order chi connectivity index (χ1) is 11.2. The smallest absolute Gasteiger partial charge is 0.130 e. The third kappa shape index (κ3) is 3.56. The Hall–Kier alpha value is -2.27. The highest BCUT2D eigenvalue weighted by Crippen LogP contribution is 2.30. The SMILES string of the molecule is COc1ccc2c(c1)OCC(CNC(C)C(C)n1cccn1)=C2. The van der Waals surface area contributed by atoms with Gasteiger partial charge in [0.25, 0.3) is 0 Å². The molecule has 2 atom stereocenters. The summed E-state index contributed by atoms with van der Waals surface area (Å²) < 4.78 is 13.0. The summed E-state index contributed by atoms with van der Waals surface area (Å²) >= 11 is 0. The molecule has 0 aliphatic carbocycles. The minimum Gasteiger partial charge on any atom is -0.497 e. The van der Waals surface area contributed by atoms with Crippen molar-refractivity contribution in [2.24, 2.45) is 0 Å². The number of hydrogen-bond donors (Lipinski definition) is 1. The summed E-state index contributed by atoms with van der Waals surface area (Å²) in [5.41, 5.74) is 2.34. The number of fused-ring (bicyclic) bond motifs is 1. The van der Waals surface area contributed by atoms with Crippen LogP contribution in [0.1, 0.15) is 25.5 Å². The fourth-order valence-electron chi connectivity index (χ4n) is 2.63. The van der Waals surface area contributed by atoms with Crippen molar-refractivity contribution in [1.82, 2.24) is 15.1 Å². The number of methoxy groups -OCH3 is 1. The predicted octanol–water partition coefficient (Wildman–Crippen LogP) is 2.91. The van der Waals surface area contributed by atoms with Gasteiger partial charge in [-0.1, -0.05) is 0 Å². The van der Waals surface area contributed by atoms with Crippen molar-refractivity contribution in [2.45, 2.75) is 25.9 Å². The van der Waals surface area contributed by atoms with Gasteiger partial charge in [-0.05, 0) is 43.7 Å². The molecule has 3 rings (SSSR count). The number of hydrogen-bond acceptors (Lipinski definition) is 4. The van der Waals surface area contributed by atoms with Crippen molar-refractivity contribution in [3.8, 4) is 11.5 Å². The van der Waals surface area contributed by atoms with Gasteiger partial charge in [-0.25, -0.2) is 0 Å². The molecule has 0 saturated heterocycles. The van der Waals surface area contributed by atoms with E-state index in [-0.39, 0.29) is 0 Å². The maximum atomic E-state index is 5.84. The molecular weight excluding hydrogens is 290 g/mol. The first-order valence-electron chi connectivity index (χ1n) is 7.90. The van der Waals surface area contributed by atoms with Crippen molar-refractivity contribution in [3.05, 3.63) is 47.8 Å². The van der Waals surface area contributed by atoms with Crippen molar-refractivity contribution in [1.29, 1.82) is 0 Å². The molecule has 5 nitrogen and oxygen atoms in total. The second-order valence-corrected chi connectivity index (χ2v) is 5.89. The van der Waals surface area contributed by atoms with Gasteiger partial charge in [-0.2, -0.15) is 5.10 Å². The number of benzene rings is 1. The molecule has 0 fully saturated rings. The van der Waals surface area contributed by atoms with Crippen LogP contribution >= 0.6 is 0 Å². The summed E-state index contributed by atoms with van der Waals surface area (Å²) in [7, 11) is 1.66. The standard InChI is InChI=1S/C18H23N3O2/c1-13(14(2)21-8-4-7-20-21)19-11-15-9-16-5-6-17(22-3)10-18(16)23-12-15/h4-10,13-14,19H,11-12H2,1-3H3. The minimum absolute atomic E-state index is 0.298. The van der Waals surface area contributed by atoms with Crippen LogP contribution in [-0.4, -0.2) is 36.1 Å². The van der Waals surface area contributed by atoms with Crippen molar-refractivity contribution < 1.29 is 9.47 Å². The van der Waals surface area contributed by atoms with E-state index < -0.39 is 0 Å². The van der Waals surface area contributed by atoms with Gasteiger partial charge >= 0.3 is 0 Å². The van der Waals surface area contributed by atoms with E-state index in [0.29, 0.717) is 18.7 Å². The zero-order valence-electron chi connectivity index (χ0n) is 13.8. The molecule has 1 N–H and O–H groups in total. The summed E-state index contributed by atoms with van der Waals surface area (Å²) in [5, 5.41) is 7.86. The van der Waals surface area contributed by atoms with Gasteiger partial charge in [0.15, 0.2) is 0 Å². The quantitative estimate of drug-likeness (QED) is 0.891. The molecule has 2 unspecified atom stereocenters. The van der Waals surface area contributed by atoms with E-state index in [2.05, 4.69) is 30.3 Å². The molecule has 1 aromatic heterocycles. The molecule has 0 radical (unpaired) electrons. The van der Waals surface area contributed by atoms with Crippen LogP contribution in [0, 0.1) is 0 Å². The van der Waals surface area contributed by atoms with E-state index in [1.807, 2.05) is 41.3 Å². The summed E-state index contributed by atoms with van der Waals surface area (Å²) in [6.45, 7) is 5.75. The van der Waals surface area contributed by atoms with Crippen LogP contribution < -0.4 is 14.8 Å². The Morgan fingerprint density at radius 1 is 1.39 bits per heavy atom. The minimum atomic E-state index is 0.298. The number of nitrogens with zero attached hydrogens (tertiary/aromatic N) is 2. The average Bonchev–Trinajstić information content (AvgIpc) is 3.12. The van der Waals surface area contributed by atoms with Crippen LogP contribution in [-0.2, 0) is 0 Å². The number of aromatic nitrogens is 2. The Kier molecular flexibility index (Phi) is 4.67. The normalized spacial score (nSPS) is 16.0. The van der Waals surface area contributed by atoms with Crippen molar-refractivity contribution in [2.75, 3.05) is 20.3 Å². The van der Waals surface area contributed by atoms with Crippen LogP contribution in [0.15, 0.2) is 42.2 Å². The molecular formula is C18H23N3O2. The average molecular weight is 313 g/mol. The van der Waals surface area contributed by atoms with Gasteiger partial charge in [-0.3, -0.25) is 4.68 Å². The Morgan fingerprint density at radius 3 is 3.00 bits per heavy atom. The molecule has 2 aromatic rings. The Labute approximate surface area is 136 Å². The van der Waals surface area contributed by atoms with Crippen molar-refractivity contribution >= 4 is 6.08 Å². The Balaban J connectivity index is 1.61. The highest BCUT2D eigenvalue weighted by Gasteiger charge is 2.16. The maximum Gasteiger partial charge on any atom is 0.130 e. The molecule has 5 heteroatoms. The van der Waals surface area contributed by atoms with E-state index in [4.69, 9.17) is 9.47 Å². The second-order valence-electron chi connectivity index (χ2n) is 5.89. The van der Waals surface area contributed by atoms with Gasteiger partial charge in [-0.15, -0.1) is 0 Å². The second kappa shape index (κ2) is 6.87. The largest absolute Gasteiger partial charge is 0.497 e. The Bertz CT molecular complexity index is 680. The van der Waals surface area contributed by atoms with E-state index in [9.17, 15) is 0 Å². The van der Waals surface area contributed by atoms with Crippen LogP contribution in [0.3, 0.4) is 0 Å². The lowest BCUT2D eigenvalue weighted by molar-refractivity contribution is 0.329. The topological polar surface area (TPSA) is 48.3 Å². The predicted molar refractivity (Wildman–Crippen MR) is 90.9 cm³/mol. The lowest BCUT2D eigenvalue weighted by atomic mass is 10.1. The Morgan fingerprint density at radius 2 is 2.26 bits per heavy atom. The first-order valence-corrected chi connectivity index (χ1v) is 7.90. The van der Waals surface area contributed by atoms with E-state index in [1.165, 1.54) is 5.57 Å². The molecule has 122 valence electrons. The monoisotopic (exact) mass is 313 g/mol. The summed E-state index contributed by atoms with van der Waals surface area (Å²) in [6.07, 6.45) is 6.00. The van der Waals surface area contributed by atoms with E-state index in [0.717, 1.165) is 23.6 Å². The fourth-order valence-corrected chi connectivity index (χ4v) is 2.63. The van der Waals surface area contributed by atoms with Gasteiger partial charge in [0.05, 0.1) is 13.2 Å². The molecule has 23 heavy (non-hydrogen) atoms. The maximum absolute atomic E-state index is 5.84. The van der Waals surface area contributed by atoms with Crippen LogP contribution in [0.5, 0.6) is 11.5 Å². The number of ether oxygens (including phenoxy) is 2. The summed E-state index contributed by atoms with van der Waals surface area (Å²) in [6, 6.07) is 8.48. The zero-order chi connectivity index (χ0) is 16.2. The summed E-state index contributed by atoms with van der Waals surface area (Å²) in [4.78, 5) is 0. The molecule has 1 aliphatic heterocycles. The molecule has 1 aliphatic rings. The lowest BCUT2D eigenvalue weighted by Crippen LogP contribution is -2.36. The van der Waals surface area contributed by atoms with Crippen LogP contribution in [0.2, 0.25) is 0 Å². The van der Waals surface area contributed by atoms with Gasteiger partial charge in [0.1, 0.15) is 18.1 Å². The number of rotatable bonds is 6. The summed E-state index contributed by atoms with van der Waals surface area (Å²) in [5.74, 6) is 1.70. The molecule has 2 heterocycles. The molecule has 1 aromatic carbocycles. The third-order valence-corrected chi connectivity index (χ3v) is 4.31. The zero-order valence-corrected chi connectivity index (χ0v) is 13.8. The first kappa shape index (κ1) is 15.6.